The molecule has 0 spiro atoms. The number of hydrogen-bond donors (Lipinski definition) is 1. The smallest absolute Gasteiger partial charge is 0.331 e. The number of benzene rings is 1. The number of aldehydes is 1. The van der Waals surface area contributed by atoms with Crippen LogP contribution in [0.2, 0.25) is 0 Å². The van der Waals surface area contributed by atoms with Crippen molar-refractivity contribution in [2.24, 2.45) is 5.41 Å². The van der Waals surface area contributed by atoms with Gasteiger partial charge in [-0.2, -0.15) is 0 Å². The number of aliphatic carboxylic acids is 1. The van der Waals surface area contributed by atoms with E-state index in [0.29, 0.717) is 17.6 Å². The normalized spacial score (nSPS) is 21.2. The van der Waals surface area contributed by atoms with Gasteiger partial charge in [-0.05, 0) is 37.1 Å². The number of carboxylic acids is 1. The highest BCUT2D eigenvalue weighted by atomic mass is 19.1. The summed E-state index contributed by atoms with van der Waals surface area (Å²) in [7, 11) is 1.51. The molecule has 0 saturated carbocycles. The molecule has 0 saturated heterocycles. The Hall–Kier alpha value is -2.43. The van der Waals surface area contributed by atoms with Crippen molar-refractivity contribution in [3.8, 4) is 5.75 Å². The van der Waals surface area contributed by atoms with E-state index in [1.165, 1.54) is 33.1 Å². The van der Waals surface area contributed by atoms with Crippen LogP contribution in [0.15, 0.2) is 42.0 Å². The Balaban J connectivity index is 2.64. The van der Waals surface area contributed by atoms with Gasteiger partial charge in [0.1, 0.15) is 12.0 Å². The van der Waals surface area contributed by atoms with E-state index in [2.05, 4.69) is 0 Å². The van der Waals surface area contributed by atoms with E-state index in [0.717, 1.165) is 0 Å². The molecule has 0 radical (unpaired) electrons. The first-order valence-corrected chi connectivity index (χ1v) is 7.19. The molecule has 1 aliphatic carbocycles. The largest absolute Gasteiger partial charge is 0.497 e. The summed E-state index contributed by atoms with van der Waals surface area (Å²) >= 11 is 0. The number of ether oxygens (including phenoxy) is 1. The van der Waals surface area contributed by atoms with E-state index in [1.54, 1.807) is 24.3 Å². The minimum atomic E-state index is -2.12. The van der Waals surface area contributed by atoms with Crippen LogP contribution >= 0.6 is 0 Å². The first-order valence-electron chi connectivity index (χ1n) is 7.19. The monoisotopic (exact) mass is 318 g/mol. The average molecular weight is 318 g/mol. The second-order valence-electron chi connectivity index (χ2n) is 6.13. The highest BCUT2D eigenvalue weighted by Crippen LogP contribution is 2.50. The zero-order chi connectivity index (χ0) is 17.3. The first kappa shape index (κ1) is 16.9. The summed E-state index contributed by atoms with van der Waals surface area (Å²) in [5.41, 5.74) is -2.73. The van der Waals surface area contributed by atoms with E-state index >= 15 is 4.39 Å². The van der Waals surface area contributed by atoms with Crippen molar-refractivity contribution < 1.29 is 23.8 Å². The van der Waals surface area contributed by atoms with Crippen LogP contribution in [0, 0.1) is 5.41 Å². The molecule has 4 nitrogen and oxygen atoms in total. The third-order valence-corrected chi connectivity index (χ3v) is 4.28. The molecule has 1 aromatic rings. The summed E-state index contributed by atoms with van der Waals surface area (Å²) in [4.78, 5) is 22.7. The molecule has 1 N–H and O–H groups in total. The van der Waals surface area contributed by atoms with Crippen molar-refractivity contribution in [1.82, 2.24) is 0 Å². The number of alkyl halides is 1. The fraction of sp³-hybridized carbons (Fsp3) is 0.333. The van der Waals surface area contributed by atoms with Crippen LogP contribution < -0.4 is 4.74 Å². The van der Waals surface area contributed by atoms with E-state index < -0.39 is 17.1 Å². The van der Waals surface area contributed by atoms with Crippen LogP contribution in [-0.2, 0) is 9.59 Å². The van der Waals surface area contributed by atoms with Crippen LogP contribution in [0.5, 0.6) is 5.75 Å². The Bertz CT molecular complexity index is 703. The molecular formula is C18H19FO4. The lowest BCUT2D eigenvalue weighted by Crippen LogP contribution is -2.44. The number of hydrogen-bond acceptors (Lipinski definition) is 3. The van der Waals surface area contributed by atoms with Crippen molar-refractivity contribution in [2.75, 3.05) is 7.11 Å². The molecule has 2 rings (SSSR count). The number of halogens is 1. The summed E-state index contributed by atoms with van der Waals surface area (Å²) in [6.07, 6.45) is 2.99. The van der Waals surface area contributed by atoms with Gasteiger partial charge < -0.3 is 14.6 Å². The van der Waals surface area contributed by atoms with Crippen molar-refractivity contribution in [3.05, 3.63) is 47.6 Å². The molecule has 0 bridgehead atoms. The lowest BCUT2D eigenvalue weighted by Gasteiger charge is -2.40. The van der Waals surface area contributed by atoms with Gasteiger partial charge in [0, 0.05) is 12.0 Å². The van der Waals surface area contributed by atoms with Crippen molar-refractivity contribution in [2.45, 2.75) is 25.9 Å². The van der Waals surface area contributed by atoms with Crippen LogP contribution in [0.1, 0.15) is 25.8 Å². The van der Waals surface area contributed by atoms with Gasteiger partial charge in [0.25, 0.3) is 0 Å². The number of carboxylic acid groups (broad SMARTS) is 1. The average Bonchev–Trinajstić information content (AvgIpc) is 2.54. The summed E-state index contributed by atoms with van der Waals surface area (Å²) in [5.74, 6) is -0.627. The highest BCUT2D eigenvalue weighted by molar-refractivity contribution is 5.92. The molecule has 0 aliphatic heterocycles. The SMILES string of the molecule is COc1cccc(C2=CC=C(C(=O)O)CC2(F)C(C)(C)C=O)c1. The first-order chi connectivity index (χ1) is 10.7. The molecular weight excluding hydrogens is 299 g/mol. The van der Waals surface area contributed by atoms with Crippen molar-refractivity contribution >= 4 is 17.8 Å². The molecule has 0 fully saturated rings. The van der Waals surface area contributed by atoms with Gasteiger partial charge in [-0.1, -0.05) is 24.3 Å². The molecule has 0 amide bonds. The summed E-state index contributed by atoms with van der Waals surface area (Å²) in [5, 5.41) is 9.18. The molecule has 23 heavy (non-hydrogen) atoms. The van der Waals surface area contributed by atoms with E-state index in [4.69, 9.17) is 4.74 Å². The van der Waals surface area contributed by atoms with Gasteiger partial charge >= 0.3 is 5.97 Å². The Labute approximate surface area is 134 Å². The number of carbonyl (C=O) groups excluding carboxylic acids is 1. The van der Waals surface area contributed by atoms with Gasteiger partial charge in [0.15, 0.2) is 5.67 Å². The maximum atomic E-state index is 15.9. The van der Waals surface area contributed by atoms with Crippen LogP contribution in [0.4, 0.5) is 4.39 Å². The lowest BCUT2D eigenvalue weighted by atomic mass is 9.66. The summed E-state index contributed by atoms with van der Waals surface area (Å²) < 4.78 is 21.1. The van der Waals surface area contributed by atoms with E-state index in [9.17, 15) is 14.7 Å². The molecule has 5 heteroatoms. The number of allylic oxidation sites excluding steroid dienone is 3. The second-order valence-corrected chi connectivity index (χ2v) is 6.13. The Morgan fingerprint density at radius 1 is 1.39 bits per heavy atom. The standard InChI is InChI=1S/C18H19FO4/c1-17(2,11-20)18(19)10-13(16(21)22)7-8-15(18)12-5-4-6-14(9-12)23-3/h4-9,11H,10H2,1-3H3,(H,21,22). The minimum Gasteiger partial charge on any atom is -0.497 e. The van der Waals surface area contributed by atoms with Crippen LogP contribution in [0.25, 0.3) is 5.57 Å². The fourth-order valence-electron chi connectivity index (χ4n) is 2.66. The maximum absolute atomic E-state index is 15.9. The maximum Gasteiger partial charge on any atom is 0.331 e. The topological polar surface area (TPSA) is 63.6 Å². The molecule has 1 aromatic carbocycles. The quantitative estimate of drug-likeness (QED) is 0.845. The van der Waals surface area contributed by atoms with Gasteiger partial charge in [0.2, 0.25) is 0 Å². The molecule has 1 aliphatic rings. The Morgan fingerprint density at radius 3 is 2.65 bits per heavy atom. The zero-order valence-corrected chi connectivity index (χ0v) is 13.3. The molecule has 1 atom stereocenters. The number of carbonyl (C=O) groups is 2. The molecule has 122 valence electrons. The fourth-order valence-corrected chi connectivity index (χ4v) is 2.66. The molecule has 1 unspecified atom stereocenters. The van der Waals surface area contributed by atoms with Crippen molar-refractivity contribution in [3.63, 3.8) is 0 Å². The lowest BCUT2D eigenvalue weighted by molar-refractivity contribution is -0.134. The van der Waals surface area contributed by atoms with E-state index in [1.807, 2.05) is 0 Å². The predicted molar refractivity (Wildman–Crippen MR) is 85.0 cm³/mol. The summed E-state index contributed by atoms with van der Waals surface area (Å²) in [6.45, 7) is 2.94. The Morgan fingerprint density at radius 2 is 2.09 bits per heavy atom. The van der Waals surface area contributed by atoms with Gasteiger partial charge in [0.05, 0.1) is 12.5 Å². The third kappa shape index (κ3) is 2.91. The second kappa shape index (κ2) is 5.99. The minimum absolute atomic E-state index is 0.0610. The van der Waals surface area contributed by atoms with E-state index in [-0.39, 0.29) is 17.6 Å². The number of methoxy groups -OCH3 is 1. The van der Waals surface area contributed by atoms with Crippen LogP contribution in [0.3, 0.4) is 0 Å². The Kier molecular flexibility index (Phi) is 4.41. The predicted octanol–water partition coefficient (Wildman–Crippen LogP) is 3.43. The van der Waals surface area contributed by atoms with Gasteiger partial charge in [-0.25, -0.2) is 9.18 Å². The van der Waals surface area contributed by atoms with Gasteiger partial charge in [-0.3, -0.25) is 0 Å². The highest BCUT2D eigenvalue weighted by Gasteiger charge is 2.51. The zero-order valence-electron chi connectivity index (χ0n) is 13.3. The summed E-state index contributed by atoms with van der Waals surface area (Å²) in [6, 6.07) is 6.83. The molecule has 0 aromatic heterocycles. The molecule has 0 heterocycles. The number of rotatable bonds is 5. The van der Waals surface area contributed by atoms with Gasteiger partial charge in [-0.15, -0.1) is 0 Å². The third-order valence-electron chi connectivity index (χ3n) is 4.28. The van der Waals surface area contributed by atoms with Crippen LogP contribution in [-0.4, -0.2) is 30.1 Å². The van der Waals surface area contributed by atoms with Crippen molar-refractivity contribution in [1.29, 1.82) is 0 Å².